The van der Waals surface area contributed by atoms with Gasteiger partial charge in [0.25, 0.3) is 5.69 Å². The molecule has 0 aliphatic heterocycles. The van der Waals surface area contributed by atoms with Crippen LogP contribution in [0, 0.1) is 17.0 Å². The zero-order valence-electron chi connectivity index (χ0n) is 12.1. The number of aryl methyl sites for hydroxylation is 1. The average molecular weight is 291 g/mol. The van der Waals surface area contributed by atoms with Crippen molar-refractivity contribution in [3.05, 3.63) is 40.1 Å². The van der Waals surface area contributed by atoms with E-state index in [2.05, 4.69) is 20.6 Å². The van der Waals surface area contributed by atoms with E-state index >= 15 is 0 Å². The van der Waals surface area contributed by atoms with Crippen LogP contribution in [0.5, 0.6) is 0 Å². The van der Waals surface area contributed by atoms with Gasteiger partial charge in [-0.05, 0) is 20.8 Å². The van der Waals surface area contributed by atoms with Gasteiger partial charge in [-0.25, -0.2) is 9.97 Å². The highest BCUT2D eigenvalue weighted by atomic mass is 16.6. The summed E-state index contributed by atoms with van der Waals surface area (Å²) in [6.07, 6.45) is 1.62. The number of nitro groups is 1. The lowest BCUT2D eigenvalue weighted by Crippen LogP contribution is -2.10. The van der Waals surface area contributed by atoms with Crippen LogP contribution < -0.4 is 10.6 Å². The first-order chi connectivity index (χ1) is 9.99. The predicted octanol–water partition coefficient (Wildman–Crippen LogP) is 2.89. The highest BCUT2D eigenvalue weighted by Gasteiger charge is 2.15. The maximum Gasteiger partial charge on any atom is 0.276 e. The fourth-order valence-corrected chi connectivity index (χ4v) is 1.82. The highest BCUT2D eigenvalue weighted by molar-refractivity contribution is 5.55. The van der Waals surface area contributed by atoms with Gasteiger partial charge >= 0.3 is 0 Å². The number of pyridine rings is 1. The van der Waals surface area contributed by atoms with Crippen LogP contribution in [-0.4, -0.2) is 21.4 Å². The molecule has 0 saturated heterocycles. The van der Waals surface area contributed by atoms with Crippen LogP contribution in [0.4, 0.5) is 17.3 Å². The summed E-state index contributed by atoms with van der Waals surface area (Å²) in [5.74, 6) is 2.05. The minimum atomic E-state index is -0.451. The van der Waals surface area contributed by atoms with Gasteiger partial charge in [0.05, 0.1) is 23.3 Å². The molecule has 2 aromatic rings. The molecule has 2 N–H and O–H groups in total. The topological polar surface area (TPSA) is 106 Å². The highest BCUT2D eigenvalue weighted by Crippen LogP contribution is 2.24. The Labute approximate surface area is 121 Å². The van der Waals surface area contributed by atoms with Gasteiger partial charge in [0.15, 0.2) is 0 Å². The van der Waals surface area contributed by atoms with Crippen molar-refractivity contribution in [3.8, 4) is 0 Å². The molecule has 8 heteroatoms. The predicted molar refractivity (Wildman–Crippen MR) is 78.3 cm³/mol. The minimum Gasteiger partial charge on any atom is -0.444 e. The minimum absolute atomic E-state index is 0.0285. The second kappa shape index (κ2) is 6.21. The Balaban J connectivity index is 2.23. The van der Waals surface area contributed by atoms with Crippen LogP contribution >= 0.6 is 0 Å². The summed E-state index contributed by atoms with van der Waals surface area (Å²) in [7, 11) is 0. The van der Waals surface area contributed by atoms with Gasteiger partial charge in [-0.15, -0.1) is 0 Å². The molecule has 0 amide bonds. The maximum absolute atomic E-state index is 11.0. The van der Waals surface area contributed by atoms with Crippen LogP contribution in [0.3, 0.4) is 0 Å². The quantitative estimate of drug-likeness (QED) is 0.622. The van der Waals surface area contributed by atoms with E-state index < -0.39 is 4.92 Å². The molecule has 1 unspecified atom stereocenters. The van der Waals surface area contributed by atoms with Gasteiger partial charge in [0.1, 0.15) is 23.4 Å². The Morgan fingerprint density at radius 1 is 1.43 bits per heavy atom. The number of anilines is 2. The Morgan fingerprint density at radius 2 is 2.14 bits per heavy atom. The molecule has 0 radical (unpaired) electrons. The molecule has 0 saturated carbocycles. The van der Waals surface area contributed by atoms with Gasteiger partial charge in [0, 0.05) is 6.54 Å². The van der Waals surface area contributed by atoms with Crippen molar-refractivity contribution in [1.29, 1.82) is 0 Å². The van der Waals surface area contributed by atoms with Crippen LogP contribution in [0.1, 0.15) is 31.5 Å². The molecule has 0 aliphatic rings. The first-order valence-electron chi connectivity index (χ1n) is 6.58. The molecule has 0 aliphatic carbocycles. The summed E-state index contributed by atoms with van der Waals surface area (Å²) in [4.78, 5) is 18.9. The molecule has 8 nitrogen and oxygen atoms in total. The van der Waals surface area contributed by atoms with Gasteiger partial charge in [-0.3, -0.25) is 10.1 Å². The van der Waals surface area contributed by atoms with Crippen LogP contribution in [0.25, 0.3) is 0 Å². The summed E-state index contributed by atoms with van der Waals surface area (Å²) >= 11 is 0. The lowest BCUT2D eigenvalue weighted by Gasteiger charge is -2.12. The number of nitrogens with zero attached hydrogens (tertiary/aromatic N) is 3. The van der Waals surface area contributed by atoms with E-state index in [0.717, 1.165) is 0 Å². The molecule has 112 valence electrons. The molecule has 0 bridgehead atoms. The van der Waals surface area contributed by atoms with Crippen molar-refractivity contribution in [1.82, 2.24) is 9.97 Å². The van der Waals surface area contributed by atoms with Crippen molar-refractivity contribution >= 4 is 17.3 Å². The smallest absolute Gasteiger partial charge is 0.276 e. The third-order valence-electron chi connectivity index (χ3n) is 2.75. The lowest BCUT2D eigenvalue weighted by atomic mass is 10.3. The van der Waals surface area contributed by atoms with Gasteiger partial charge in [-0.1, -0.05) is 0 Å². The van der Waals surface area contributed by atoms with Crippen molar-refractivity contribution in [2.24, 2.45) is 0 Å². The molecule has 0 fully saturated rings. The molecular weight excluding hydrogens is 274 g/mol. The number of hydrogen-bond donors (Lipinski definition) is 2. The van der Waals surface area contributed by atoms with Gasteiger partial charge in [0.2, 0.25) is 5.89 Å². The Morgan fingerprint density at radius 3 is 2.71 bits per heavy atom. The van der Waals surface area contributed by atoms with Crippen molar-refractivity contribution in [3.63, 3.8) is 0 Å². The number of hydrogen-bond acceptors (Lipinski definition) is 7. The van der Waals surface area contributed by atoms with Gasteiger partial charge in [-0.2, -0.15) is 0 Å². The van der Waals surface area contributed by atoms with E-state index in [0.29, 0.717) is 29.8 Å². The fraction of sp³-hybridized carbons (Fsp3) is 0.385. The summed E-state index contributed by atoms with van der Waals surface area (Å²) in [5, 5.41) is 17.0. The van der Waals surface area contributed by atoms with E-state index in [1.54, 1.807) is 13.1 Å². The van der Waals surface area contributed by atoms with E-state index in [1.807, 2.05) is 13.8 Å². The van der Waals surface area contributed by atoms with Gasteiger partial charge < -0.3 is 15.1 Å². The SMILES string of the molecule is CCNc1cc([N+](=O)[O-])cc(NC(C)c2ncc(C)o2)n1. The second-order valence-corrected chi connectivity index (χ2v) is 4.56. The third-order valence-corrected chi connectivity index (χ3v) is 2.75. The molecule has 0 aromatic carbocycles. The molecule has 2 heterocycles. The molecule has 0 spiro atoms. The van der Waals surface area contributed by atoms with E-state index in [-0.39, 0.29) is 11.7 Å². The number of rotatable bonds is 6. The van der Waals surface area contributed by atoms with Crippen LogP contribution in [0.15, 0.2) is 22.7 Å². The van der Waals surface area contributed by atoms with E-state index in [4.69, 9.17) is 4.42 Å². The van der Waals surface area contributed by atoms with E-state index in [1.165, 1.54) is 12.1 Å². The van der Waals surface area contributed by atoms with Crippen molar-refractivity contribution in [2.75, 3.05) is 17.2 Å². The lowest BCUT2D eigenvalue weighted by molar-refractivity contribution is -0.384. The first kappa shape index (κ1) is 14.8. The molecule has 21 heavy (non-hydrogen) atoms. The Hall–Kier alpha value is -2.64. The Bertz CT molecular complexity index is 640. The second-order valence-electron chi connectivity index (χ2n) is 4.56. The zero-order chi connectivity index (χ0) is 15.4. The third kappa shape index (κ3) is 3.68. The van der Waals surface area contributed by atoms with E-state index in [9.17, 15) is 10.1 Å². The van der Waals surface area contributed by atoms with Crippen molar-refractivity contribution < 1.29 is 9.34 Å². The monoisotopic (exact) mass is 291 g/mol. The standard InChI is InChI=1S/C13H17N5O3/c1-4-14-11-5-10(18(19)20)6-12(17-11)16-9(3)13-15-7-8(2)21-13/h5-7,9H,4H2,1-3H3,(H2,14,16,17). The number of nitrogens with one attached hydrogen (secondary N) is 2. The molecular formula is C13H17N5O3. The fourth-order valence-electron chi connectivity index (χ4n) is 1.82. The first-order valence-corrected chi connectivity index (χ1v) is 6.58. The Kier molecular flexibility index (Phi) is 4.36. The van der Waals surface area contributed by atoms with Crippen LogP contribution in [0.2, 0.25) is 0 Å². The van der Waals surface area contributed by atoms with Crippen molar-refractivity contribution in [2.45, 2.75) is 26.8 Å². The summed E-state index contributed by atoms with van der Waals surface area (Å²) < 4.78 is 5.42. The molecule has 1 atom stereocenters. The summed E-state index contributed by atoms with van der Waals surface area (Å²) in [6.45, 7) is 6.17. The molecule has 2 rings (SSSR count). The number of aromatic nitrogens is 2. The normalized spacial score (nSPS) is 12.0. The number of oxazole rings is 1. The zero-order valence-corrected chi connectivity index (χ0v) is 12.1. The summed E-state index contributed by atoms with van der Waals surface area (Å²) in [5.41, 5.74) is -0.0285. The largest absolute Gasteiger partial charge is 0.444 e. The average Bonchev–Trinajstić information content (AvgIpc) is 2.85. The molecule has 2 aromatic heterocycles. The summed E-state index contributed by atoms with van der Waals surface area (Å²) in [6, 6.07) is 2.53. The van der Waals surface area contributed by atoms with Crippen LogP contribution in [-0.2, 0) is 0 Å². The maximum atomic E-state index is 11.0.